The van der Waals surface area contributed by atoms with Gasteiger partial charge in [-0.25, -0.2) is 0 Å². The van der Waals surface area contributed by atoms with Gasteiger partial charge in [0.15, 0.2) is 11.7 Å². The molecule has 3 aliphatic heterocycles. The Kier molecular flexibility index (Phi) is 6.59. The third kappa shape index (κ3) is 4.62. The van der Waals surface area contributed by atoms with Crippen molar-refractivity contribution < 1.29 is 22.8 Å². The molecule has 182 valence electrons. The highest BCUT2D eigenvalue weighted by molar-refractivity contribution is 7.94. The maximum absolute atomic E-state index is 13.5. The minimum Gasteiger partial charge on any atom is -0.370 e. The van der Waals surface area contributed by atoms with Crippen molar-refractivity contribution in [3.05, 3.63) is 40.4 Å². The van der Waals surface area contributed by atoms with Gasteiger partial charge in [-0.1, -0.05) is 26.0 Å². The first-order valence-corrected chi connectivity index (χ1v) is 12.8. The van der Waals surface area contributed by atoms with Crippen LogP contribution >= 0.6 is 0 Å². The maximum atomic E-state index is 13.5. The number of sulfonamides is 1. The molecule has 4 rings (SSSR count). The summed E-state index contributed by atoms with van der Waals surface area (Å²) in [4.78, 5) is 41.4. The molecule has 3 heterocycles. The van der Waals surface area contributed by atoms with Crippen LogP contribution in [-0.4, -0.2) is 62.9 Å². The van der Waals surface area contributed by atoms with E-state index in [0.29, 0.717) is 48.9 Å². The van der Waals surface area contributed by atoms with Gasteiger partial charge in [-0.05, 0) is 24.5 Å². The van der Waals surface area contributed by atoms with Crippen LogP contribution in [0.4, 0.5) is 5.69 Å². The first kappa shape index (κ1) is 24.1. The molecule has 2 amide bonds. The summed E-state index contributed by atoms with van der Waals surface area (Å²) in [6.45, 7) is 5.46. The Morgan fingerprint density at radius 2 is 1.97 bits per heavy atom. The quantitative estimate of drug-likeness (QED) is 0.546. The van der Waals surface area contributed by atoms with Crippen LogP contribution in [0.25, 0.3) is 0 Å². The van der Waals surface area contributed by atoms with E-state index in [1.807, 2.05) is 18.7 Å². The minimum absolute atomic E-state index is 0.0879. The fraction of sp³-hybridized carbons (Fsp3) is 0.478. The molecular formula is C23H29N5O5S. The molecule has 3 aliphatic rings. The number of nitrogens with one attached hydrogen (secondary N) is 1. The number of primary amides is 1. The maximum Gasteiger partial charge on any atom is 0.283 e. The van der Waals surface area contributed by atoms with E-state index in [4.69, 9.17) is 5.73 Å². The molecule has 0 bridgehead atoms. The number of carbonyl (C=O) groups is 3. The fourth-order valence-electron chi connectivity index (χ4n) is 4.42. The SMILES string of the molecule is CC(C)CCN1C(=O)C(C2=NS(=O)(=O)C3=C(CCN(CCC(N)=O)C3)N2)C(=O)c2ccccc21. The third-order valence-corrected chi connectivity index (χ3v) is 7.74. The molecule has 34 heavy (non-hydrogen) atoms. The number of Topliss-reactive ketones (excluding diaryl/α,β-unsaturated/α-hetero) is 1. The Bertz CT molecular complexity index is 1200. The standard InChI is InChI=1S/C23H29N5O5S/c1-14(2)7-12-28-17-6-4-3-5-15(17)21(30)20(23(28)31)22-25-16-8-10-27(11-9-19(24)29)13-18(16)34(32,33)26-22/h3-6,14,20H,7-13H2,1-2H3,(H2,24,29)(H,25,26). The number of anilines is 1. The number of benzene rings is 1. The zero-order valence-corrected chi connectivity index (χ0v) is 20.1. The van der Waals surface area contributed by atoms with Crippen molar-refractivity contribution in [2.75, 3.05) is 31.1 Å². The summed E-state index contributed by atoms with van der Waals surface area (Å²) in [5, 5.41) is 3.01. The van der Waals surface area contributed by atoms with Gasteiger partial charge in [-0.3, -0.25) is 19.3 Å². The zero-order chi connectivity index (χ0) is 24.6. The van der Waals surface area contributed by atoms with Crippen molar-refractivity contribution in [3.63, 3.8) is 0 Å². The summed E-state index contributed by atoms with van der Waals surface area (Å²) in [5.41, 5.74) is 6.56. The predicted octanol–water partition coefficient (Wildman–Crippen LogP) is 1.00. The van der Waals surface area contributed by atoms with Crippen molar-refractivity contribution in [1.29, 1.82) is 0 Å². The molecule has 1 aromatic rings. The van der Waals surface area contributed by atoms with Gasteiger partial charge in [0.2, 0.25) is 11.8 Å². The lowest BCUT2D eigenvalue weighted by Crippen LogP contribution is -2.53. The average molecular weight is 488 g/mol. The number of fused-ring (bicyclic) bond motifs is 1. The highest BCUT2D eigenvalue weighted by Gasteiger charge is 2.45. The van der Waals surface area contributed by atoms with Gasteiger partial charge >= 0.3 is 0 Å². The number of nitrogens with two attached hydrogens (primary N) is 1. The van der Waals surface area contributed by atoms with Crippen molar-refractivity contribution >= 4 is 39.1 Å². The van der Waals surface area contributed by atoms with Gasteiger partial charge in [-0.15, -0.1) is 4.40 Å². The van der Waals surface area contributed by atoms with E-state index in [0.717, 1.165) is 6.42 Å². The lowest BCUT2D eigenvalue weighted by atomic mass is 9.88. The molecule has 0 aromatic heterocycles. The van der Waals surface area contributed by atoms with E-state index < -0.39 is 33.5 Å². The number of ketones is 1. The molecular weight excluding hydrogens is 458 g/mol. The molecule has 0 saturated carbocycles. The number of nitrogens with zero attached hydrogens (tertiary/aromatic N) is 3. The number of amidine groups is 1. The van der Waals surface area contributed by atoms with Crippen LogP contribution in [0.3, 0.4) is 0 Å². The van der Waals surface area contributed by atoms with Crippen LogP contribution in [0, 0.1) is 11.8 Å². The van der Waals surface area contributed by atoms with Crippen LogP contribution in [0.2, 0.25) is 0 Å². The molecule has 1 unspecified atom stereocenters. The number of hydrogen-bond donors (Lipinski definition) is 2. The average Bonchev–Trinajstić information content (AvgIpc) is 2.77. The molecule has 10 nitrogen and oxygen atoms in total. The van der Waals surface area contributed by atoms with Crippen LogP contribution in [0.1, 0.15) is 43.5 Å². The summed E-state index contributed by atoms with van der Waals surface area (Å²) in [6, 6.07) is 6.88. The van der Waals surface area contributed by atoms with Gasteiger partial charge in [0, 0.05) is 50.3 Å². The predicted molar refractivity (Wildman–Crippen MR) is 127 cm³/mol. The Balaban J connectivity index is 1.64. The Labute approximate surface area is 198 Å². The van der Waals surface area contributed by atoms with Crippen molar-refractivity contribution in [3.8, 4) is 0 Å². The Morgan fingerprint density at radius 3 is 2.68 bits per heavy atom. The molecule has 1 atom stereocenters. The van der Waals surface area contributed by atoms with Gasteiger partial charge in [0.25, 0.3) is 10.0 Å². The number of rotatable bonds is 7. The highest BCUT2D eigenvalue weighted by atomic mass is 32.2. The topological polar surface area (TPSA) is 142 Å². The molecule has 1 aromatic carbocycles. The van der Waals surface area contributed by atoms with Gasteiger partial charge in [0.1, 0.15) is 10.7 Å². The second-order valence-electron chi connectivity index (χ2n) is 9.21. The van der Waals surface area contributed by atoms with Crippen LogP contribution in [0.5, 0.6) is 0 Å². The Morgan fingerprint density at radius 1 is 1.24 bits per heavy atom. The lowest BCUT2D eigenvalue weighted by molar-refractivity contribution is -0.120. The summed E-state index contributed by atoms with van der Waals surface area (Å²) in [7, 11) is -4.10. The van der Waals surface area contributed by atoms with E-state index >= 15 is 0 Å². The van der Waals surface area contributed by atoms with Gasteiger partial charge < -0.3 is 16.0 Å². The van der Waals surface area contributed by atoms with Crippen molar-refractivity contribution in [1.82, 2.24) is 10.2 Å². The number of hydrogen-bond acceptors (Lipinski definition) is 7. The summed E-state index contributed by atoms with van der Waals surface area (Å²) >= 11 is 0. The summed E-state index contributed by atoms with van der Waals surface area (Å²) in [5.74, 6) is -2.56. The minimum atomic E-state index is -4.10. The smallest absolute Gasteiger partial charge is 0.283 e. The summed E-state index contributed by atoms with van der Waals surface area (Å²) in [6.07, 6.45) is 1.21. The van der Waals surface area contributed by atoms with E-state index in [-0.39, 0.29) is 23.7 Å². The van der Waals surface area contributed by atoms with Crippen LogP contribution in [0.15, 0.2) is 39.3 Å². The highest BCUT2D eigenvalue weighted by Crippen LogP contribution is 2.34. The first-order chi connectivity index (χ1) is 16.1. The molecule has 3 N–H and O–H groups in total. The number of para-hydroxylation sites is 1. The number of carbonyl (C=O) groups excluding carboxylic acids is 3. The molecule has 0 fully saturated rings. The fourth-order valence-corrected chi connectivity index (χ4v) is 5.75. The largest absolute Gasteiger partial charge is 0.370 e. The normalized spacial score (nSPS) is 22.3. The first-order valence-electron chi connectivity index (χ1n) is 11.4. The molecule has 0 radical (unpaired) electrons. The lowest BCUT2D eigenvalue weighted by Gasteiger charge is -2.37. The van der Waals surface area contributed by atoms with Crippen LogP contribution in [-0.2, 0) is 19.6 Å². The summed E-state index contributed by atoms with van der Waals surface area (Å²) < 4.78 is 30.0. The monoisotopic (exact) mass is 487 g/mol. The second kappa shape index (κ2) is 9.30. The zero-order valence-electron chi connectivity index (χ0n) is 19.3. The van der Waals surface area contributed by atoms with E-state index in [2.05, 4.69) is 9.71 Å². The molecule has 0 spiro atoms. The van der Waals surface area contributed by atoms with E-state index in [9.17, 15) is 22.8 Å². The van der Waals surface area contributed by atoms with Gasteiger partial charge in [0.05, 0.1) is 5.69 Å². The van der Waals surface area contributed by atoms with E-state index in [1.165, 1.54) is 0 Å². The van der Waals surface area contributed by atoms with Gasteiger partial charge in [-0.2, -0.15) is 8.42 Å². The van der Waals surface area contributed by atoms with Crippen LogP contribution < -0.4 is 16.0 Å². The molecule has 0 aliphatic carbocycles. The van der Waals surface area contributed by atoms with E-state index in [1.54, 1.807) is 29.2 Å². The molecule has 0 saturated heterocycles. The molecule has 11 heteroatoms. The Hall–Kier alpha value is -3.05. The van der Waals surface area contributed by atoms with Crippen molar-refractivity contribution in [2.45, 2.75) is 33.1 Å². The second-order valence-corrected chi connectivity index (χ2v) is 10.8. The number of amides is 2. The third-order valence-electron chi connectivity index (χ3n) is 6.30. The van der Waals surface area contributed by atoms with Crippen molar-refractivity contribution in [2.24, 2.45) is 22.0 Å².